The second-order valence-corrected chi connectivity index (χ2v) is 3.23. The van der Waals surface area contributed by atoms with Gasteiger partial charge in [-0.1, -0.05) is 0 Å². The van der Waals surface area contributed by atoms with E-state index in [9.17, 15) is 0 Å². The Morgan fingerprint density at radius 3 is 2.75 bits per heavy atom. The van der Waals surface area contributed by atoms with E-state index in [4.69, 9.17) is 11.0 Å². The second-order valence-electron chi connectivity index (χ2n) is 3.23. The Labute approximate surface area is 71.6 Å². The lowest BCUT2D eigenvalue weighted by Gasteiger charge is -2.01. The minimum atomic E-state index is 0.600. The van der Waals surface area contributed by atoms with Crippen LogP contribution in [-0.2, 0) is 0 Å². The molecule has 0 saturated heterocycles. The molecule has 1 aliphatic rings. The van der Waals surface area contributed by atoms with Crippen LogP contribution in [0, 0.1) is 11.3 Å². The zero-order valence-electron chi connectivity index (χ0n) is 6.75. The van der Waals surface area contributed by atoms with E-state index < -0.39 is 0 Å². The quantitative estimate of drug-likeness (QED) is 0.635. The normalized spacial score (nSPS) is 15.6. The molecule has 1 aliphatic carbocycles. The van der Waals surface area contributed by atoms with Gasteiger partial charge in [0.25, 0.3) is 0 Å². The Kier molecular flexibility index (Phi) is 1.51. The molecule has 0 bridgehead atoms. The summed E-state index contributed by atoms with van der Waals surface area (Å²) in [5.41, 5.74) is 8.32. The van der Waals surface area contributed by atoms with Crippen molar-refractivity contribution in [2.24, 2.45) is 0 Å². The molecular formula is C10H10N2. The minimum absolute atomic E-state index is 0.600. The van der Waals surface area contributed by atoms with E-state index in [0.29, 0.717) is 5.92 Å². The summed E-state index contributed by atoms with van der Waals surface area (Å²) in [6.45, 7) is 0. The molecule has 0 amide bonds. The third-order valence-electron chi connectivity index (χ3n) is 2.21. The molecule has 0 aliphatic heterocycles. The smallest absolute Gasteiger partial charge is 0.0994 e. The number of hydrogen-bond acceptors (Lipinski definition) is 2. The van der Waals surface area contributed by atoms with Crippen LogP contribution < -0.4 is 5.73 Å². The molecule has 1 aromatic carbocycles. The van der Waals surface area contributed by atoms with Gasteiger partial charge in [-0.3, -0.25) is 0 Å². The molecule has 0 radical (unpaired) electrons. The molecule has 2 rings (SSSR count). The minimum Gasteiger partial charge on any atom is -0.399 e. The molecule has 60 valence electrons. The molecule has 1 saturated carbocycles. The monoisotopic (exact) mass is 158 g/mol. The molecule has 2 nitrogen and oxygen atoms in total. The number of nitrogen functional groups attached to an aromatic ring is 1. The molecule has 1 fully saturated rings. The maximum atomic E-state index is 8.80. The SMILES string of the molecule is N#Cc1ccc(N)cc1C1CC1. The Balaban J connectivity index is 2.48. The summed E-state index contributed by atoms with van der Waals surface area (Å²) >= 11 is 0. The van der Waals surface area contributed by atoms with Crippen LogP contribution in [0.4, 0.5) is 5.69 Å². The Morgan fingerprint density at radius 2 is 2.17 bits per heavy atom. The number of nitriles is 1. The summed E-state index contributed by atoms with van der Waals surface area (Å²) in [6, 6.07) is 7.71. The van der Waals surface area contributed by atoms with Gasteiger partial charge in [0, 0.05) is 5.69 Å². The molecule has 0 spiro atoms. The van der Waals surface area contributed by atoms with Crippen LogP contribution in [0.2, 0.25) is 0 Å². The summed E-state index contributed by atoms with van der Waals surface area (Å²) in [4.78, 5) is 0. The molecule has 0 aromatic heterocycles. The van der Waals surface area contributed by atoms with Gasteiger partial charge in [0.05, 0.1) is 11.6 Å². The van der Waals surface area contributed by atoms with E-state index in [1.807, 2.05) is 12.1 Å². The van der Waals surface area contributed by atoms with Crippen molar-refractivity contribution in [2.75, 3.05) is 5.73 Å². The largest absolute Gasteiger partial charge is 0.399 e. The summed E-state index contributed by atoms with van der Waals surface area (Å²) < 4.78 is 0. The van der Waals surface area contributed by atoms with E-state index in [1.54, 1.807) is 6.07 Å². The molecule has 0 unspecified atom stereocenters. The zero-order valence-corrected chi connectivity index (χ0v) is 6.75. The lowest BCUT2D eigenvalue weighted by molar-refractivity contribution is 1.12. The van der Waals surface area contributed by atoms with Crippen LogP contribution in [0.1, 0.15) is 29.9 Å². The second kappa shape index (κ2) is 2.53. The van der Waals surface area contributed by atoms with Crippen molar-refractivity contribution in [1.29, 1.82) is 5.26 Å². The van der Waals surface area contributed by atoms with Gasteiger partial charge in [-0.2, -0.15) is 5.26 Å². The highest BCUT2D eigenvalue weighted by atomic mass is 14.5. The average molecular weight is 158 g/mol. The summed E-state index contributed by atoms with van der Waals surface area (Å²) in [6.07, 6.45) is 2.41. The van der Waals surface area contributed by atoms with E-state index in [0.717, 1.165) is 16.8 Å². The van der Waals surface area contributed by atoms with Crippen LogP contribution in [0.15, 0.2) is 18.2 Å². The maximum absolute atomic E-state index is 8.80. The molecular weight excluding hydrogens is 148 g/mol. The predicted octanol–water partition coefficient (Wildman–Crippen LogP) is 2.02. The first-order valence-corrected chi connectivity index (χ1v) is 4.11. The number of benzene rings is 1. The number of anilines is 1. The fraction of sp³-hybridized carbons (Fsp3) is 0.300. The predicted molar refractivity (Wildman–Crippen MR) is 47.5 cm³/mol. The molecule has 12 heavy (non-hydrogen) atoms. The van der Waals surface area contributed by atoms with E-state index in [2.05, 4.69) is 6.07 Å². The number of nitrogens with zero attached hydrogens (tertiary/aromatic N) is 1. The fourth-order valence-corrected chi connectivity index (χ4v) is 1.42. The zero-order chi connectivity index (χ0) is 8.55. The van der Waals surface area contributed by atoms with Gasteiger partial charge in [-0.05, 0) is 42.5 Å². The summed E-state index contributed by atoms with van der Waals surface area (Å²) in [5.74, 6) is 0.600. The molecule has 2 heteroatoms. The van der Waals surface area contributed by atoms with Gasteiger partial charge in [-0.15, -0.1) is 0 Å². The number of nitrogens with two attached hydrogens (primary N) is 1. The number of rotatable bonds is 1. The van der Waals surface area contributed by atoms with E-state index >= 15 is 0 Å². The Morgan fingerprint density at radius 1 is 1.42 bits per heavy atom. The van der Waals surface area contributed by atoms with Gasteiger partial charge in [0.1, 0.15) is 0 Å². The topological polar surface area (TPSA) is 49.8 Å². The van der Waals surface area contributed by atoms with Crippen molar-refractivity contribution in [3.8, 4) is 6.07 Å². The van der Waals surface area contributed by atoms with Crippen molar-refractivity contribution in [2.45, 2.75) is 18.8 Å². The van der Waals surface area contributed by atoms with E-state index in [-0.39, 0.29) is 0 Å². The molecule has 2 N–H and O–H groups in total. The molecule has 0 heterocycles. The van der Waals surface area contributed by atoms with Crippen LogP contribution in [0.3, 0.4) is 0 Å². The fourth-order valence-electron chi connectivity index (χ4n) is 1.42. The Bertz CT molecular complexity index is 345. The first-order valence-electron chi connectivity index (χ1n) is 4.11. The van der Waals surface area contributed by atoms with Crippen LogP contribution in [0.5, 0.6) is 0 Å². The van der Waals surface area contributed by atoms with Gasteiger partial charge in [-0.25, -0.2) is 0 Å². The van der Waals surface area contributed by atoms with Crippen molar-refractivity contribution in [3.63, 3.8) is 0 Å². The van der Waals surface area contributed by atoms with Gasteiger partial charge in [0.15, 0.2) is 0 Å². The third-order valence-corrected chi connectivity index (χ3v) is 2.21. The third kappa shape index (κ3) is 1.14. The van der Waals surface area contributed by atoms with Crippen molar-refractivity contribution >= 4 is 5.69 Å². The summed E-state index contributed by atoms with van der Waals surface area (Å²) in [5, 5.41) is 8.80. The van der Waals surface area contributed by atoms with Crippen molar-refractivity contribution in [3.05, 3.63) is 29.3 Å². The van der Waals surface area contributed by atoms with E-state index in [1.165, 1.54) is 12.8 Å². The summed E-state index contributed by atoms with van der Waals surface area (Å²) in [7, 11) is 0. The highest BCUT2D eigenvalue weighted by Gasteiger charge is 2.25. The van der Waals surface area contributed by atoms with Gasteiger partial charge < -0.3 is 5.73 Å². The lowest BCUT2D eigenvalue weighted by Crippen LogP contribution is -1.91. The van der Waals surface area contributed by atoms with Crippen LogP contribution in [0.25, 0.3) is 0 Å². The van der Waals surface area contributed by atoms with Gasteiger partial charge >= 0.3 is 0 Å². The Hall–Kier alpha value is -1.49. The van der Waals surface area contributed by atoms with Gasteiger partial charge in [0.2, 0.25) is 0 Å². The molecule has 0 atom stereocenters. The lowest BCUT2D eigenvalue weighted by atomic mass is 10.0. The standard InChI is InChI=1S/C10H10N2/c11-6-8-3-4-9(12)5-10(8)7-1-2-7/h3-5,7H,1-2,12H2. The number of hydrogen-bond donors (Lipinski definition) is 1. The van der Waals surface area contributed by atoms with Crippen LogP contribution >= 0.6 is 0 Å². The molecule has 1 aromatic rings. The highest BCUT2D eigenvalue weighted by Crippen LogP contribution is 2.42. The highest BCUT2D eigenvalue weighted by molar-refractivity contribution is 5.51. The van der Waals surface area contributed by atoms with Crippen LogP contribution in [-0.4, -0.2) is 0 Å². The van der Waals surface area contributed by atoms with Crippen molar-refractivity contribution < 1.29 is 0 Å². The average Bonchev–Trinajstić information content (AvgIpc) is 2.87. The first kappa shape index (κ1) is 7.17. The van der Waals surface area contributed by atoms with Crippen molar-refractivity contribution in [1.82, 2.24) is 0 Å². The maximum Gasteiger partial charge on any atom is 0.0994 e. The first-order chi connectivity index (χ1) is 5.81.